The first-order valence-corrected chi connectivity index (χ1v) is 5.82. The van der Waals surface area contributed by atoms with Crippen molar-refractivity contribution < 1.29 is 19.7 Å². The van der Waals surface area contributed by atoms with Crippen molar-refractivity contribution in [1.29, 1.82) is 0 Å². The summed E-state index contributed by atoms with van der Waals surface area (Å²) in [4.78, 5) is 0. The van der Waals surface area contributed by atoms with Crippen molar-refractivity contribution in [3.8, 4) is 11.5 Å². The highest BCUT2D eigenvalue weighted by molar-refractivity contribution is 5.44. The number of fused-ring (bicyclic) bond motifs is 1. The van der Waals surface area contributed by atoms with Crippen LogP contribution >= 0.6 is 0 Å². The Morgan fingerprint density at radius 2 is 2.29 bits per heavy atom. The fourth-order valence-electron chi connectivity index (χ4n) is 1.60. The Morgan fingerprint density at radius 3 is 3.00 bits per heavy atom. The van der Waals surface area contributed by atoms with Crippen molar-refractivity contribution in [3.63, 3.8) is 0 Å². The van der Waals surface area contributed by atoms with Crippen LogP contribution in [0.1, 0.15) is 31.9 Å². The Labute approximate surface area is 101 Å². The first kappa shape index (κ1) is 12.2. The Kier molecular flexibility index (Phi) is 3.26. The van der Waals surface area contributed by atoms with E-state index in [2.05, 4.69) is 0 Å². The number of aliphatic hydroxyl groups is 2. The zero-order valence-electron chi connectivity index (χ0n) is 10.1. The fourth-order valence-corrected chi connectivity index (χ4v) is 1.60. The van der Waals surface area contributed by atoms with Crippen molar-refractivity contribution in [3.05, 3.63) is 23.8 Å². The normalized spacial score (nSPS) is 21.5. The maximum absolute atomic E-state index is 9.82. The van der Waals surface area contributed by atoms with Gasteiger partial charge in [-0.1, -0.05) is 6.92 Å². The summed E-state index contributed by atoms with van der Waals surface area (Å²) in [5, 5.41) is 19.4. The molecule has 0 fully saturated rings. The predicted octanol–water partition coefficient (Wildman–Crippen LogP) is 1.65. The summed E-state index contributed by atoms with van der Waals surface area (Å²) in [7, 11) is 0. The molecular weight excluding hydrogens is 220 g/mol. The standard InChI is InChI=1S/C13H18O4/c1-3-13(2,15)8-17-9-4-5-10-11(14)7-16-12(10)6-9/h4-6,11,14-15H,3,7-8H2,1-2H3. The van der Waals surface area contributed by atoms with Crippen LogP contribution in [0.4, 0.5) is 0 Å². The van der Waals surface area contributed by atoms with E-state index >= 15 is 0 Å². The van der Waals surface area contributed by atoms with Crippen LogP contribution in [0.2, 0.25) is 0 Å². The second-order valence-electron chi connectivity index (χ2n) is 4.67. The van der Waals surface area contributed by atoms with Crippen molar-refractivity contribution in [2.75, 3.05) is 13.2 Å². The average molecular weight is 238 g/mol. The molecule has 1 aromatic carbocycles. The van der Waals surface area contributed by atoms with E-state index in [1.54, 1.807) is 25.1 Å². The minimum Gasteiger partial charge on any atom is -0.490 e. The number of rotatable bonds is 4. The van der Waals surface area contributed by atoms with Gasteiger partial charge in [-0.3, -0.25) is 0 Å². The summed E-state index contributed by atoms with van der Waals surface area (Å²) >= 11 is 0. The Morgan fingerprint density at radius 1 is 1.53 bits per heavy atom. The summed E-state index contributed by atoms with van der Waals surface area (Å²) in [6, 6.07) is 5.32. The smallest absolute Gasteiger partial charge is 0.129 e. The lowest BCUT2D eigenvalue weighted by atomic mass is 10.1. The molecule has 2 unspecified atom stereocenters. The minimum absolute atomic E-state index is 0.241. The molecule has 0 aromatic heterocycles. The quantitative estimate of drug-likeness (QED) is 0.837. The molecule has 2 atom stereocenters. The van der Waals surface area contributed by atoms with Crippen LogP contribution in [-0.4, -0.2) is 29.0 Å². The van der Waals surface area contributed by atoms with Gasteiger partial charge in [-0.15, -0.1) is 0 Å². The van der Waals surface area contributed by atoms with Gasteiger partial charge >= 0.3 is 0 Å². The van der Waals surface area contributed by atoms with E-state index in [4.69, 9.17) is 9.47 Å². The highest BCUT2D eigenvalue weighted by atomic mass is 16.5. The van der Waals surface area contributed by atoms with Crippen LogP contribution in [0.5, 0.6) is 11.5 Å². The van der Waals surface area contributed by atoms with Crippen LogP contribution in [0.3, 0.4) is 0 Å². The Balaban J connectivity index is 2.04. The zero-order chi connectivity index (χ0) is 12.5. The van der Waals surface area contributed by atoms with Gasteiger partial charge in [0.2, 0.25) is 0 Å². The second kappa shape index (κ2) is 4.55. The molecule has 1 aliphatic heterocycles. The molecule has 1 heterocycles. The number of aliphatic hydroxyl groups excluding tert-OH is 1. The van der Waals surface area contributed by atoms with Gasteiger partial charge in [0.1, 0.15) is 30.8 Å². The first-order chi connectivity index (χ1) is 8.02. The second-order valence-corrected chi connectivity index (χ2v) is 4.67. The van der Waals surface area contributed by atoms with Gasteiger partial charge in [-0.2, -0.15) is 0 Å². The molecule has 0 radical (unpaired) electrons. The molecule has 4 heteroatoms. The highest BCUT2D eigenvalue weighted by Gasteiger charge is 2.23. The van der Waals surface area contributed by atoms with Crippen molar-refractivity contribution in [1.82, 2.24) is 0 Å². The molecule has 17 heavy (non-hydrogen) atoms. The molecular formula is C13H18O4. The van der Waals surface area contributed by atoms with E-state index in [1.807, 2.05) is 6.92 Å². The van der Waals surface area contributed by atoms with Crippen LogP contribution in [0, 0.1) is 0 Å². The van der Waals surface area contributed by atoms with Crippen molar-refractivity contribution in [2.45, 2.75) is 32.0 Å². The topological polar surface area (TPSA) is 58.9 Å². The lowest BCUT2D eigenvalue weighted by molar-refractivity contribution is 0.00841. The monoisotopic (exact) mass is 238 g/mol. The van der Waals surface area contributed by atoms with Gasteiger partial charge in [-0.25, -0.2) is 0 Å². The van der Waals surface area contributed by atoms with Crippen LogP contribution < -0.4 is 9.47 Å². The van der Waals surface area contributed by atoms with Gasteiger partial charge in [0, 0.05) is 11.6 Å². The van der Waals surface area contributed by atoms with E-state index < -0.39 is 11.7 Å². The zero-order valence-corrected chi connectivity index (χ0v) is 10.1. The maximum atomic E-state index is 9.82. The molecule has 0 spiro atoms. The molecule has 0 saturated carbocycles. The lowest BCUT2D eigenvalue weighted by Crippen LogP contribution is -2.31. The van der Waals surface area contributed by atoms with E-state index in [0.717, 1.165) is 5.56 Å². The molecule has 94 valence electrons. The third-order valence-electron chi connectivity index (χ3n) is 3.05. The highest BCUT2D eigenvalue weighted by Crippen LogP contribution is 2.35. The van der Waals surface area contributed by atoms with Crippen molar-refractivity contribution in [2.24, 2.45) is 0 Å². The number of hydrogen-bond donors (Lipinski definition) is 2. The molecule has 0 amide bonds. The lowest BCUT2D eigenvalue weighted by Gasteiger charge is -2.21. The number of benzene rings is 1. The van der Waals surface area contributed by atoms with Crippen LogP contribution in [-0.2, 0) is 0 Å². The molecule has 1 aromatic rings. The number of hydrogen-bond acceptors (Lipinski definition) is 4. The SMILES string of the molecule is CCC(C)(O)COc1ccc2c(c1)OCC2O. The molecule has 0 saturated heterocycles. The summed E-state index contributed by atoms with van der Waals surface area (Å²) in [6.45, 7) is 4.18. The van der Waals surface area contributed by atoms with E-state index in [-0.39, 0.29) is 6.61 Å². The molecule has 0 bridgehead atoms. The summed E-state index contributed by atoms with van der Waals surface area (Å²) in [5.41, 5.74) is -0.0288. The molecule has 2 rings (SSSR count). The average Bonchev–Trinajstić information content (AvgIpc) is 2.68. The summed E-state index contributed by atoms with van der Waals surface area (Å²) < 4.78 is 10.8. The molecule has 1 aliphatic rings. The summed E-state index contributed by atoms with van der Waals surface area (Å²) in [5.74, 6) is 1.30. The molecule has 0 aliphatic carbocycles. The van der Waals surface area contributed by atoms with Crippen LogP contribution in [0.15, 0.2) is 18.2 Å². The first-order valence-electron chi connectivity index (χ1n) is 5.82. The van der Waals surface area contributed by atoms with Gasteiger partial charge in [0.05, 0.1) is 5.60 Å². The van der Waals surface area contributed by atoms with Gasteiger partial charge in [-0.05, 0) is 25.5 Å². The predicted molar refractivity (Wildman–Crippen MR) is 63.3 cm³/mol. The fraction of sp³-hybridized carbons (Fsp3) is 0.538. The minimum atomic E-state index is -0.820. The Bertz CT molecular complexity index is 400. The number of ether oxygens (including phenoxy) is 2. The van der Waals surface area contributed by atoms with E-state index in [9.17, 15) is 10.2 Å². The van der Waals surface area contributed by atoms with E-state index in [0.29, 0.717) is 24.5 Å². The van der Waals surface area contributed by atoms with Crippen molar-refractivity contribution >= 4 is 0 Å². The van der Waals surface area contributed by atoms with Crippen LogP contribution in [0.25, 0.3) is 0 Å². The third kappa shape index (κ3) is 2.70. The largest absolute Gasteiger partial charge is 0.490 e. The van der Waals surface area contributed by atoms with Gasteiger partial charge in [0.25, 0.3) is 0 Å². The summed E-state index contributed by atoms with van der Waals surface area (Å²) in [6.07, 6.45) is 0.0884. The maximum Gasteiger partial charge on any atom is 0.129 e. The molecule has 2 N–H and O–H groups in total. The Hall–Kier alpha value is -1.26. The molecule has 4 nitrogen and oxygen atoms in total. The van der Waals surface area contributed by atoms with E-state index in [1.165, 1.54) is 0 Å². The third-order valence-corrected chi connectivity index (χ3v) is 3.05. The van der Waals surface area contributed by atoms with Gasteiger partial charge < -0.3 is 19.7 Å². The van der Waals surface area contributed by atoms with Gasteiger partial charge in [0.15, 0.2) is 0 Å².